The minimum Gasteiger partial charge on any atom is -0.356 e. The van der Waals surface area contributed by atoms with Crippen molar-refractivity contribution in [2.24, 2.45) is 4.99 Å². The van der Waals surface area contributed by atoms with E-state index < -0.39 is 0 Å². The van der Waals surface area contributed by atoms with Crippen LogP contribution in [0.4, 0.5) is 0 Å². The molecule has 0 saturated heterocycles. The summed E-state index contributed by atoms with van der Waals surface area (Å²) in [7, 11) is 1.74. The average Bonchev–Trinajstić information content (AvgIpc) is 2.52. The van der Waals surface area contributed by atoms with Gasteiger partial charge in [-0.15, -0.1) is 0 Å². The van der Waals surface area contributed by atoms with E-state index in [-0.39, 0.29) is 17.4 Å². The lowest BCUT2D eigenvalue weighted by atomic mass is 9.86. The van der Waals surface area contributed by atoms with Crippen LogP contribution in [-0.4, -0.2) is 38.0 Å². The summed E-state index contributed by atoms with van der Waals surface area (Å²) in [6, 6.07) is 8.96. The molecule has 1 amide bonds. The number of guanidine groups is 1. The number of nitrogens with one attached hydrogen (secondary N) is 3. The predicted molar refractivity (Wildman–Crippen MR) is 106 cm³/mol. The second-order valence-corrected chi connectivity index (χ2v) is 7.59. The summed E-state index contributed by atoms with van der Waals surface area (Å²) in [4.78, 5) is 15.8. The normalized spacial score (nSPS) is 12.2. The first-order valence-electron chi connectivity index (χ1n) is 9.05. The molecule has 0 aromatic heterocycles. The number of amides is 1. The molecule has 0 bridgehead atoms. The van der Waals surface area contributed by atoms with Gasteiger partial charge in [-0.25, -0.2) is 0 Å². The first-order valence-corrected chi connectivity index (χ1v) is 9.05. The van der Waals surface area contributed by atoms with Crippen molar-refractivity contribution in [3.63, 3.8) is 0 Å². The van der Waals surface area contributed by atoms with Gasteiger partial charge in [-0.3, -0.25) is 9.79 Å². The fraction of sp³-hybridized carbons (Fsp3) is 0.600. The Bertz CT molecular complexity index is 556. The first kappa shape index (κ1) is 21.0. The number of aliphatic imine (C=N–C) groups is 1. The molecule has 1 aromatic rings. The van der Waals surface area contributed by atoms with Crippen molar-refractivity contribution in [3.8, 4) is 0 Å². The van der Waals surface area contributed by atoms with E-state index in [4.69, 9.17) is 0 Å². The molecule has 0 saturated carbocycles. The SMILES string of the molecule is CN=C(NCCC(=O)NC(C)C)NCCc1ccc(C(C)(C)C)cc1. The zero-order chi connectivity index (χ0) is 18.9. The van der Waals surface area contributed by atoms with Gasteiger partial charge < -0.3 is 16.0 Å². The van der Waals surface area contributed by atoms with Crippen LogP contribution in [0.2, 0.25) is 0 Å². The van der Waals surface area contributed by atoms with E-state index in [1.165, 1.54) is 11.1 Å². The lowest BCUT2D eigenvalue weighted by Crippen LogP contribution is -2.40. The standard InChI is InChI=1S/C20H34N4O/c1-15(2)24-18(25)12-14-23-19(21-6)22-13-11-16-7-9-17(10-8-16)20(3,4)5/h7-10,15H,11-14H2,1-6H3,(H,24,25)(H2,21,22,23). The van der Waals surface area contributed by atoms with E-state index in [1.54, 1.807) is 7.05 Å². The number of hydrogen-bond acceptors (Lipinski definition) is 2. The molecule has 0 spiro atoms. The Morgan fingerprint density at radius 2 is 1.68 bits per heavy atom. The third-order valence-corrected chi connectivity index (χ3v) is 3.84. The second-order valence-electron chi connectivity index (χ2n) is 7.59. The number of hydrogen-bond donors (Lipinski definition) is 3. The van der Waals surface area contributed by atoms with Crippen LogP contribution < -0.4 is 16.0 Å². The summed E-state index contributed by atoms with van der Waals surface area (Å²) in [6.45, 7) is 12.0. The Morgan fingerprint density at radius 3 is 2.20 bits per heavy atom. The number of rotatable bonds is 7. The molecule has 0 atom stereocenters. The van der Waals surface area contributed by atoms with Gasteiger partial charge in [0.15, 0.2) is 5.96 Å². The van der Waals surface area contributed by atoms with Crippen molar-refractivity contribution in [2.75, 3.05) is 20.1 Å². The summed E-state index contributed by atoms with van der Waals surface area (Å²) < 4.78 is 0. The van der Waals surface area contributed by atoms with Crippen molar-refractivity contribution in [3.05, 3.63) is 35.4 Å². The van der Waals surface area contributed by atoms with Crippen molar-refractivity contribution < 1.29 is 4.79 Å². The van der Waals surface area contributed by atoms with Crippen LogP contribution >= 0.6 is 0 Å². The number of carbonyl (C=O) groups is 1. The van der Waals surface area contributed by atoms with Gasteiger partial charge in [0, 0.05) is 32.6 Å². The highest BCUT2D eigenvalue weighted by molar-refractivity contribution is 5.81. The minimum absolute atomic E-state index is 0.0527. The van der Waals surface area contributed by atoms with Crippen molar-refractivity contribution in [1.82, 2.24) is 16.0 Å². The molecule has 0 aliphatic carbocycles. The fourth-order valence-electron chi connectivity index (χ4n) is 2.41. The summed E-state index contributed by atoms with van der Waals surface area (Å²) >= 11 is 0. The molecule has 5 nitrogen and oxygen atoms in total. The molecule has 1 rings (SSSR count). The predicted octanol–water partition coefficient (Wildman–Crippen LogP) is 2.61. The molecular weight excluding hydrogens is 312 g/mol. The number of carbonyl (C=O) groups excluding carboxylic acids is 1. The molecular formula is C20H34N4O. The van der Waals surface area contributed by atoms with E-state index >= 15 is 0 Å². The zero-order valence-electron chi connectivity index (χ0n) is 16.6. The molecule has 3 N–H and O–H groups in total. The number of nitrogens with zero attached hydrogens (tertiary/aromatic N) is 1. The van der Waals surface area contributed by atoms with E-state index in [0.717, 1.165) is 18.9 Å². The lowest BCUT2D eigenvalue weighted by molar-refractivity contribution is -0.121. The molecule has 0 fully saturated rings. The summed E-state index contributed by atoms with van der Waals surface area (Å²) in [6.07, 6.45) is 1.37. The molecule has 0 unspecified atom stereocenters. The maximum atomic E-state index is 11.6. The molecule has 140 valence electrons. The quantitative estimate of drug-likeness (QED) is 0.525. The Kier molecular flexibility index (Phi) is 8.46. The van der Waals surface area contributed by atoms with Crippen LogP contribution in [0.5, 0.6) is 0 Å². The first-order chi connectivity index (χ1) is 11.7. The third-order valence-electron chi connectivity index (χ3n) is 3.84. The van der Waals surface area contributed by atoms with E-state index in [0.29, 0.717) is 13.0 Å². The Balaban J connectivity index is 2.32. The van der Waals surface area contributed by atoms with Gasteiger partial charge in [-0.2, -0.15) is 0 Å². The zero-order valence-corrected chi connectivity index (χ0v) is 16.6. The summed E-state index contributed by atoms with van der Waals surface area (Å²) in [5.74, 6) is 0.778. The van der Waals surface area contributed by atoms with E-state index in [2.05, 4.69) is 66.0 Å². The van der Waals surface area contributed by atoms with Crippen molar-refractivity contribution >= 4 is 11.9 Å². The molecule has 0 aliphatic heterocycles. The van der Waals surface area contributed by atoms with Gasteiger partial charge in [-0.1, -0.05) is 45.0 Å². The van der Waals surface area contributed by atoms with E-state index in [9.17, 15) is 4.79 Å². The lowest BCUT2D eigenvalue weighted by Gasteiger charge is -2.19. The fourth-order valence-corrected chi connectivity index (χ4v) is 2.41. The van der Waals surface area contributed by atoms with Crippen molar-refractivity contribution in [1.29, 1.82) is 0 Å². The van der Waals surface area contributed by atoms with Crippen LogP contribution in [0.25, 0.3) is 0 Å². The molecule has 0 radical (unpaired) electrons. The van der Waals surface area contributed by atoms with Crippen LogP contribution in [0.3, 0.4) is 0 Å². The minimum atomic E-state index is 0.0527. The van der Waals surface area contributed by atoms with Crippen LogP contribution in [-0.2, 0) is 16.6 Å². The highest BCUT2D eigenvalue weighted by Crippen LogP contribution is 2.22. The van der Waals surface area contributed by atoms with Crippen LogP contribution in [0.1, 0.15) is 52.2 Å². The van der Waals surface area contributed by atoms with E-state index in [1.807, 2.05) is 13.8 Å². The van der Waals surface area contributed by atoms with Gasteiger partial charge in [0.2, 0.25) is 5.91 Å². The Morgan fingerprint density at radius 1 is 1.08 bits per heavy atom. The van der Waals surface area contributed by atoms with Gasteiger partial charge in [0.05, 0.1) is 0 Å². The Hall–Kier alpha value is -2.04. The Labute approximate surface area is 152 Å². The second kappa shape index (κ2) is 10.1. The average molecular weight is 347 g/mol. The molecule has 0 heterocycles. The number of benzene rings is 1. The molecule has 5 heteroatoms. The van der Waals surface area contributed by atoms with Gasteiger partial charge in [0.1, 0.15) is 0 Å². The monoisotopic (exact) mass is 346 g/mol. The topological polar surface area (TPSA) is 65.5 Å². The maximum absolute atomic E-state index is 11.6. The maximum Gasteiger partial charge on any atom is 0.221 e. The summed E-state index contributed by atoms with van der Waals surface area (Å²) in [5, 5.41) is 9.33. The van der Waals surface area contributed by atoms with Crippen LogP contribution in [0, 0.1) is 0 Å². The van der Waals surface area contributed by atoms with Crippen LogP contribution in [0.15, 0.2) is 29.3 Å². The molecule has 25 heavy (non-hydrogen) atoms. The summed E-state index contributed by atoms with van der Waals surface area (Å²) in [5.41, 5.74) is 2.83. The largest absolute Gasteiger partial charge is 0.356 e. The van der Waals surface area contributed by atoms with Gasteiger partial charge in [0.25, 0.3) is 0 Å². The molecule has 0 aliphatic rings. The highest BCUT2D eigenvalue weighted by atomic mass is 16.1. The smallest absolute Gasteiger partial charge is 0.221 e. The molecule has 1 aromatic carbocycles. The van der Waals surface area contributed by atoms with Gasteiger partial charge >= 0.3 is 0 Å². The highest BCUT2D eigenvalue weighted by Gasteiger charge is 2.12. The van der Waals surface area contributed by atoms with Crippen molar-refractivity contribution in [2.45, 2.75) is 58.9 Å². The van der Waals surface area contributed by atoms with Gasteiger partial charge in [-0.05, 0) is 36.8 Å². The third kappa shape index (κ3) is 8.57.